The predicted molar refractivity (Wildman–Crippen MR) is 102 cm³/mol. The topological polar surface area (TPSA) is 99.2 Å². The lowest BCUT2D eigenvalue weighted by Gasteiger charge is -2.12. The molecule has 3 aromatic rings. The van der Waals surface area contributed by atoms with E-state index in [0.29, 0.717) is 18.2 Å². The number of hydrogen-bond acceptors (Lipinski definition) is 4. The van der Waals surface area contributed by atoms with Gasteiger partial charge in [0.15, 0.2) is 11.6 Å². The summed E-state index contributed by atoms with van der Waals surface area (Å²) in [4.78, 5) is 24.4. The van der Waals surface area contributed by atoms with Gasteiger partial charge in [-0.15, -0.1) is 0 Å². The number of hydrogen-bond donors (Lipinski definition) is 2. The van der Waals surface area contributed by atoms with Gasteiger partial charge in [0.2, 0.25) is 0 Å². The van der Waals surface area contributed by atoms with Crippen molar-refractivity contribution in [2.45, 2.75) is 20.1 Å². The Hall–Kier alpha value is -3.75. The van der Waals surface area contributed by atoms with Gasteiger partial charge < -0.3 is 15.8 Å². The first kappa shape index (κ1) is 20.0. The second kappa shape index (κ2) is 8.51. The minimum absolute atomic E-state index is 0.0861. The summed E-state index contributed by atoms with van der Waals surface area (Å²) in [7, 11) is 0. The van der Waals surface area contributed by atoms with E-state index in [1.54, 1.807) is 31.2 Å². The number of amides is 2. The minimum Gasteiger partial charge on any atom is -0.486 e. The Morgan fingerprint density at radius 2 is 1.97 bits per heavy atom. The molecule has 0 unspecified atom stereocenters. The standard InChI is InChI=1S/C20H18F2N4O3/c1-2-26-18(19(23)27)16(10-24-26)25-20(28)14-6-4-3-5-12(14)11-29-17-8-7-13(21)9-15(17)22/h3-10H,2,11H2,1H3,(H2,23,27)(H,25,28). The molecule has 0 aliphatic rings. The molecule has 0 saturated heterocycles. The molecule has 0 fully saturated rings. The highest BCUT2D eigenvalue weighted by Crippen LogP contribution is 2.21. The van der Waals surface area contributed by atoms with Crippen molar-refractivity contribution in [1.82, 2.24) is 9.78 Å². The highest BCUT2D eigenvalue weighted by Gasteiger charge is 2.19. The van der Waals surface area contributed by atoms with E-state index >= 15 is 0 Å². The lowest BCUT2D eigenvalue weighted by molar-refractivity contribution is 0.0991. The van der Waals surface area contributed by atoms with E-state index in [2.05, 4.69) is 10.4 Å². The number of primary amides is 1. The summed E-state index contributed by atoms with van der Waals surface area (Å²) in [6, 6.07) is 9.51. The van der Waals surface area contributed by atoms with Crippen molar-refractivity contribution in [3.8, 4) is 5.75 Å². The summed E-state index contributed by atoms with van der Waals surface area (Å²) in [6.07, 6.45) is 1.34. The normalized spacial score (nSPS) is 10.6. The monoisotopic (exact) mass is 400 g/mol. The summed E-state index contributed by atoms with van der Waals surface area (Å²) in [5.74, 6) is -2.93. The number of nitrogens with one attached hydrogen (secondary N) is 1. The van der Waals surface area contributed by atoms with Crippen molar-refractivity contribution in [1.29, 1.82) is 0 Å². The molecule has 0 aliphatic heterocycles. The van der Waals surface area contributed by atoms with Crippen molar-refractivity contribution in [2.24, 2.45) is 5.73 Å². The second-order valence-electron chi connectivity index (χ2n) is 6.06. The number of aryl methyl sites for hydroxylation is 1. The summed E-state index contributed by atoms with van der Waals surface area (Å²) in [5.41, 5.74) is 6.38. The molecule has 0 aliphatic carbocycles. The maximum Gasteiger partial charge on any atom is 0.269 e. The van der Waals surface area contributed by atoms with Crippen LogP contribution in [0.2, 0.25) is 0 Å². The van der Waals surface area contributed by atoms with Gasteiger partial charge in [0.25, 0.3) is 11.8 Å². The second-order valence-corrected chi connectivity index (χ2v) is 6.06. The molecule has 29 heavy (non-hydrogen) atoms. The molecule has 0 radical (unpaired) electrons. The number of aromatic nitrogens is 2. The fourth-order valence-electron chi connectivity index (χ4n) is 2.78. The van der Waals surface area contributed by atoms with E-state index in [1.165, 1.54) is 16.9 Å². The van der Waals surface area contributed by atoms with Gasteiger partial charge in [0.1, 0.15) is 18.1 Å². The molecule has 1 aromatic heterocycles. The number of halogens is 2. The molecule has 0 bridgehead atoms. The largest absolute Gasteiger partial charge is 0.486 e. The molecule has 2 aromatic carbocycles. The first-order chi connectivity index (χ1) is 13.9. The van der Waals surface area contributed by atoms with Crippen LogP contribution in [-0.4, -0.2) is 21.6 Å². The van der Waals surface area contributed by atoms with Gasteiger partial charge in [-0.25, -0.2) is 8.78 Å². The SMILES string of the molecule is CCn1ncc(NC(=O)c2ccccc2COc2ccc(F)cc2F)c1C(N)=O. The lowest BCUT2D eigenvalue weighted by atomic mass is 10.1. The first-order valence-electron chi connectivity index (χ1n) is 8.73. The summed E-state index contributed by atoms with van der Waals surface area (Å²) < 4.78 is 33.5. The maximum atomic E-state index is 13.8. The van der Waals surface area contributed by atoms with Gasteiger partial charge in [-0.3, -0.25) is 14.3 Å². The van der Waals surface area contributed by atoms with Crippen molar-refractivity contribution >= 4 is 17.5 Å². The highest BCUT2D eigenvalue weighted by molar-refractivity contribution is 6.08. The molecular formula is C20H18F2N4O3. The molecule has 1 heterocycles. The van der Waals surface area contributed by atoms with Gasteiger partial charge in [-0.2, -0.15) is 5.10 Å². The predicted octanol–water partition coefficient (Wildman–Crippen LogP) is 3.11. The molecule has 0 spiro atoms. The zero-order valence-electron chi connectivity index (χ0n) is 15.5. The zero-order chi connectivity index (χ0) is 21.0. The van der Waals surface area contributed by atoms with E-state index in [9.17, 15) is 18.4 Å². The van der Waals surface area contributed by atoms with E-state index in [0.717, 1.165) is 6.07 Å². The summed E-state index contributed by atoms with van der Waals surface area (Å²) >= 11 is 0. The van der Waals surface area contributed by atoms with E-state index in [-0.39, 0.29) is 29.3 Å². The Morgan fingerprint density at radius 3 is 2.66 bits per heavy atom. The molecule has 3 rings (SSSR count). The van der Waals surface area contributed by atoms with Crippen LogP contribution in [0.5, 0.6) is 5.75 Å². The van der Waals surface area contributed by atoms with Crippen LogP contribution in [-0.2, 0) is 13.2 Å². The van der Waals surface area contributed by atoms with Crippen LogP contribution in [0.4, 0.5) is 14.5 Å². The van der Waals surface area contributed by atoms with Crippen LogP contribution in [0.15, 0.2) is 48.7 Å². The van der Waals surface area contributed by atoms with Crippen molar-refractivity contribution < 1.29 is 23.1 Å². The zero-order valence-corrected chi connectivity index (χ0v) is 15.5. The van der Waals surface area contributed by atoms with Crippen molar-refractivity contribution in [3.63, 3.8) is 0 Å². The summed E-state index contributed by atoms with van der Waals surface area (Å²) in [5, 5.41) is 6.64. The van der Waals surface area contributed by atoms with Gasteiger partial charge in [0.05, 0.1) is 11.9 Å². The van der Waals surface area contributed by atoms with Crippen LogP contribution in [0, 0.1) is 11.6 Å². The summed E-state index contributed by atoms with van der Waals surface area (Å²) in [6.45, 7) is 2.07. The molecular weight excluding hydrogens is 382 g/mol. The number of rotatable bonds is 7. The van der Waals surface area contributed by atoms with Gasteiger partial charge in [-0.05, 0) is 25.1 Å². The van der Waals surface area contributed by atoms with Crippen LogP contribution < -0.4 is 15.8 Å². The third kappa shape index (κ3) is 4.40. The number of carbonyl (C=O) groups is 2. The molecule has 3 N–H and O–H groups in total. The molecule has 0 atom stereocenters. The quantitative estimate of drug-likeness (QED) is 0.637. The smallest absolute Gasteiger partial charge is 0.269 e. The first-order valence-corrected chi connectivity index (χ1v) is 8.73. The average Bonchev–Trinajstić information content (AvgIpc) is 3.10. The third-order valence-corrected chi connectivity index (χ3v) is 4.16. The van der Waals surface area contributed by atoms with Crippen molar-refractivity contribution in [3.05, 3.63) is 77.1 Å². The van der Waals surface area contributed by atoms with Crippen LogP contribution in [0.1, 0.15) is 33.3 Å². The Labute approximate surface area is 165 Å². The molecule has 2 amide bonds. The lowest BCUT2D eigenvalue weighted by Crippen LogP contribution is -2.21. The minimum atomic E-state index is -0.843. The number of benzene rings is 2. The van der Waals surface area contributed by atoms with E-state index in [4.69, 9.17) is 10.5 Å². The fourth-order valence-corrected chi connectivity index (χ4v) is 2.78. The molecule has 0 saturated carbocycles. The number of ether oxygens (including phenoxy) is 1. The number of nitrogens with zero attached hydrogens (tertiary/aromatic N) is 2. The molecule has 7 nitrogen and oxygen atoms in total. The van der Waals surface area contributed by atoms with Crippen LogP contribution >= 0.6 is 0 Å². The number of nitrogens with two attached hydrogens (primary N) is 1. The Kier molecular flexibility index (Phi) is 5.87. The fraction of sp³-hybridized carbons (Fsp3) is 0.150. The highest BCUT2D eigenvalue weighted by atomic mass is 19.1. The Morgan fingerprint density at radius 1 is 1.21 bits per heavy atom. The maximum absolute atomic E-state index is 13.8. The van der Waals surface area contributed by atoms with Gasteiger partial charge >= 0.3 is 0 Å². The average molecular weight is 400 g/mol. The van der Waals surface area contributed by atoms with E-state index < -0.39 is 23.4 Å². The number of carbonyl (C=O) groups excluding carboxylic acids is 2. The third-order valence-electron chi connectivity index (χ3n) is 4.16. The van der Waals surface area contributed by atoms with Crippen LogP contribution in [0.25, 0.3) is 0 Å². The van der Waals surface area contributed by atoms with E-state index in [1.807, 2.05) is 0 Å². The van der Waals surface area contributed by atoms with Gasteiger partial charge in [0, 0.05) is 23.7 Å². The Balaban J connectivity index is 1.80. The van der Waals surface area contributed by atoms with Gasteiger partial charge in [-0.1, -0.05) is 18.2 Å². The van der Waals surface area contributed by atoms with Crippen molar-refractivity contribution in [2.75, 3.05) is 5.32 Å². The molecule has 150 valence electrons. The molecule has 9 heteroatoms. The van der Waals surface area contributed by atoms with Crippen LogP contribution in [0.3, 0.4) is 0 Å². The Bertz CT molecular complexity index is 1070. The number of anilines is 1.